The van der Waals surface area contributed by atoms with Crippen molar-refractivity contribution in [3.05, 3.63) is 35.9 Å². The fraction of sp³-hybridized carbons (Fsp3) is 0.640. The van der Waals surface area contributed by atoms with E-state index in [0.29, 0.717) is 19.4 Å². The van der Waals surface area contributed by atoms with E-state index in [1.807, 2.05) is 23.1 Å². The van der Waals surface area contributed by atoms with Gasteiger partial charge in [0.15, 0.2) is 0 Å². The Morgan fingerprint density at radius 1 is 0.969 bits per heavy atom. The van der Waals surface area contributed by atoms with Gasteiger partial charge in [0.1, 0.15) is 5.54 Å². The molecule has 3 heterocycles. The van der Waals surface area contributed by atoms with E-state index in [4.69, 9.17) is 0 Å². The molecule has 3 aliphatic heterocycles. The summed E-state index contributed by atoms with van der Waals surface area (Å²) in [6.45, 7) is 3.67. The average molecular weight is 439 g/mol. The predicted octanol–water partition coefficient (Wildman–Crippen LogP) is 2.75. The molecular weight excluding hydrogens is 404 g/mol. The monoisotopic (exact) mass is 438 g/mol. The summed E-state index contributed by atoms with van der Waals surface area (Å²) in [6.07, 6.45) is 7.12. The molecule has 1 aromatic rings. The lowest BCUT2D eigenvalue weighted by Gasteiger charge is -2.39. The van der Waals surface area contributed by atoms with Gasteiger partial charge in [-0.05, 0) is 44.1 Å². The van der Waals surface area contributed by atoms with Crippen LogP contribution in [0.1, 0.15) is 56.9 Å². The number of benzene rings is 1. The molecule has 4 aliphatic rings. The van der Waals surface area contributed by atoms with E-state index in [0.717, 1.165) is 64.7 Å². The summed E-state index contributed by atoms with van der Waals surface area (Å²) in [7, 11) is 0. The van der Waals surface area contributed by atoms with E-state index >= 15 is 0 Å². The zero-order valence-electron chi connectivity index (χ0n) is 18.8. The second-order valence-electron chi connectivity index (χ2n) is 10.0. The molecule has 1 atom stereocenters. The van der Waals surface area contributed by atoms with Gasteiger partial charge in [-0.3, -0.25) is 19.4 Å². The Hall–Kier alpha value is -2.41. The third kappa shape index (κ3) is 4.03. The number of imide groups is 1. The van der Waals surface area contributed by atoms with Gasteiger partial charge in [0, 0.05) is 38.6 Å². The minimum atomic E-state index is -0.776. The van der Waals surface area contributed by atoms with Crippen molar-refractivity contribution >= 4 is 17.8 Å². The fourth-order valence-corrected chi connectivity index (χ4v) is 6.04. The van der Waals surface area contributed by atoms with E-state index in [1.54, 1.807) is 0 Å². The molecule has 3 saturated heterocycles. The van der Waals surface area contributed by atoms with Crippen molar-refractivity contribution in [1.29, 1.82) is 0 Å². The topological polar surface area (TPSA) is 73.0 Å². The van der Waals surface area contributed by atoms with Crippen LogP contribution < -0.4 is 5.32 Å². The van der Waals surface area contributed by atoms with E-state index in [2.05, 4.69) is 22.3 Å². The van der Waals surface area contributed by atoms with Gasteiger partial charge in [0.05, 0.1) is 6.04 Å². The highest BCUT2D eigenvalue weighted by atomic mass is 16.2. The van der Waals surface area contributed by atoms with Gasteiger partial charge in [0.2, 0.25) is 5.91 Å². The Morgan fingerprint density at radius 3 is 2.41 bits per heavy atom. The first-order valence-electron chi connectivity index (χ1n) is 12.3. The van der Waals surface area contributed by atoms with E-state index in [-0.39, 0.29) is 29.8 Å². The van der Waals surface area contributed by atoms with Crippen LogP contribution in [-0.4, -0.2) is 70.3 Å². The van der Waals surface area contributed by atoms with Crippen LogP contribution in [0.2, 0.25) is 0 Å². The molecule has 0 bridgehead atoms. The zero-order chi connectivity index (χ0) is 22.1. The second-order valence-corrected chi connectivity index (χ2v) is 10.0. The summed E-state index contributed by atoms with van der Waals surface area (Å²) >= 11 is 0. The van der Waals surface area contributed by atoms with Crippen molar-refractivity contribution in [2.75, 3.05) is 26.2 Å². The Kier molecular flexibility index (Phi) is 5.93. The van der Waals surface area contributed by atoms with Crippen LogP contribution in [0.3, 0.4) is 0 Å². The number of hydrogen-bond donors (Lipinski definition) is 1. The molecule has 4 fully saturated rings. The maximum absolute atomic E-state index is 13.5. The van der Waals surface area contributed by atoms with Crippen LogP contribution in [0.5, 0.6) is 0 Å². The third-order valence-electron chi connectivity index (χ3n) is 7.93. The zero-order valence-corrected chi connectivity index (χ0v) is 18.8. The second kappa shape index (κ2) is 8.85. The largest absolute Gasteiger partial charge is 0.340 e. The van der Waals surface area contributed by atoms with E-state index < -0.39 is 5.54 Å². The maximum Gasteiger partial charge on any atom is 0.325 e. The Bertz CT molecular complexity index is 859. The lowest BCUT2D eigenvalue weighted by Crippen LogP contribution is -2.56. The molecule has 0 unspecified atom stereocenters. The number of nitrogens with one attached hydrogen (secondary N) is 1. The summed E-state index contributed by atoms with van der Waals surface area (Å²) in [5.41, 5.74) is 0.489. The molecule has 1 aliphatic carbocycles. The molecular formula is C25H34N4O3. The summed E-state index contributed by atoms with van der Waals surface area (Å²) in [4.78, 5) is 45.1. The fourth-order valence-electron chi connectivity index (χ4n) is 6.04. The summed E-state index contributed by atoms with van der Waals surface area (Å²) < 4.78 is 0. The van der Waals surface area contributed by atoms with Crippen molar-refractivity contribution in [3.8, 4) is 0 Å². The normalized spacial score (nSPS) is 26.7. The lowest BCUT2D eigenvalue weighted by molar-refractivity contribution is -0.141. The predicted molar refractivity (Wildman–Crippen MR) is 121 cm³/mol. The van der Waals surface area contributed by atoms with E-state index in [9.17, 15) is 14.4 Å². The SMILES string of the molecule is O=C(C1CCCC1)N1CCC[C@@H](N2C(=O)NC3(CCN(Cc4ccccc4)CC3)C2=O)C1. The highest BCUT2D eigenvalue weighted by Crippen LogP contribution is 2.34. The van der Waals surface area contributed by atoms with Crippen LogP contribution in [0.4, 0.5) is 4.79 Å². The smallest absolute Gasteiger partial charge is 0.325 e. The highest BCUT2D eigenvalue weighted by molar-refractivity contribution is 6.07. The van der Waals surface area contributed by atoms with Gasteiger partial charge in [-0.15, -0.1) is 0 Å². The number of likely N-dealkylation sites (tertiary alicyclic amines) is 2. The van der Waals surface area contributed by atoms with Crippen LogP contribution >= 0.6 is 0 Å². The van der Waals surface area contributed by atoms with Gasteiger partial charge in [-0.25, -0.2) is 4.79 Å². The molecule has 5 rings (SSSR count). The summed E-state index contributed by atoms with van der Waals surface area (Å²) in [6, 6.07) is 9.88. The molecule has 1 N–H and O–H groups in total. The van der Waals surface area contributed by atoms with Gasteiger partial charge >= 0.3 is 6.03 Å². The van der Waals surface area contributed by atoms with Crippen LogP contribution in [-0.2, 0) is 16.1 Å². The number of hydrogen-bond acceptors (Lipinski definition) is 4. The lowest BCUT2D eigenvalue weighted by atomic mass is 9.86. The number of piperidine rings is 2. The van der Waals surface area contributed by atoms with Crippen molar-refractivity contribution in [1.82, 2.24) is 20.0 Å². The summed E-state index contributed by atoms with van der Waals surface area (Å²) in [5.74, 6) is 0.280. The molecule has 1 spiro atoms. The maximum atomic E-state index is 13.5. The minimum Gasteiger partial charge on any atom is -0.340 e. The molecule has 0 aromatic heterocycles. The van der Waals surface area contributed by atoms with Gasteiger partial charge in [0.25, 0.3) is 5.91 Å². The first-order chi connectivity index (χ1) is 15.6. The van der Waals surface area contributed by atoms with E-state index in [1.165, 1.54) is 10.5 Å². The average Bonchev–Trinajstić information content (AvgIpc) is 3.43. The van der Waals surface area contributed by atoms with Gasteiger partial charge < -0.3 is 10.2 Å². The standard InChI is InChI=1S/C25H34N4O3/c30-22(20-9-4-5-10-20)28-14-6-11-21(18-28)29-23(31)25(26-24(29)32)12-15-27(16-13-25)17-19-7-2-1-3-8-19/h1-3,7-8,20-21H,4-6,9-18H2,(H,26,32)/t21-/m1/s1. The minimum absolute atomic E-state index is 0.0815. The van der Waals surface area contributed by atoms with Crippen LogP contribution in [0, 0.1) is 5.92 Å². The Balaban J connectivity index is 1.21. The number of rotatable bonds is 4. The molecule has 7 nitrogen and oxygen atoms in total. The molecule has 4 amide bonds. The molecule has 32 heavy (non-hydrogen) atoms. The first-order valence-corrected chi connectivity index (χ1v) is 12.3. The van der Waals surface area contributed by atoms with Crippen LogP contribution in [0.15, 0.2) is 30.3 Å². The van der Waals surface area contributed by atoms with Crippen molar-refractivity contribution in [2.24, 2.45) is 5.92 Å². The molecule has 0 radical (unpaired) electrons. The molecule has 172 valence electrons. The van der Waals surface area contributed by atoms with Crippen molar-refractivity contribution < 1.29 is 14.4 Å². The number of nitrogens with zero attached hydrogens (tertiary/aromatic N) is 3. The number of amides is 4. The Labute approximate surface area is 190 Å². The first kappa shape index (κ1) is 21.4. The number of carbonyl (C=O) groups is 3. The van der Waals surface area contributed by atoms with Gasteiger partial charge in [-0.2, -0.15) is 0 Å². The third-order valence-corrected chi connectivity index (χ3v) is 7.93. The molecule has 1 aromatic carbocycles. The molecule has 1 saturated carbocycles. The Morgan fingerprint density at radius 2 is 1.69 bits per heavy atom. The van der Waals surface area contributed by atoms with Crippen molar-refractivity contribution in [3.63, 3.8) is 0 Å². The van der Waals surface area contributed by atoms with Gasteiger partial charge in [-0.1, -0.05) is 43.2 Å². The number of urea groups is 1. The quantitative estimate of drug-likeness (QED) is 0.734. The van der Waals surface area contributed by atoms with Crippen molar-refractivity contribution in [2.45, 2.75) is 69.5 Å². The van der Waals surface area contributed by atoms with Crippen LogP contribution in [0.25, 0.3) is 0 Å². The molecule has 7 heteroatoms. The highest BCUT2D eigenvalue weighted by Gasteiger charge is 2.54. The number of carbonyl (C=O) groups excluding carboxylic acids is 3. The summed E-state index contributed by atoms with van der Waals surface area (Å²) in [5, 5.41) is 3.06.